The quantitative estimate of drug-likeness (QED) is 0.479. The number of aryl methyl sites for hydroxylation is 3. The average molecular weight is 380 g/mol. The Kier molecular flexibility index (Phi) is 5.18. The minimum Gasteiger partial charge on any atom is -0.271 e. The van der Waals surface area contributed by atoms with Gasteiger partial charge in [0.25, 0.3) is 0 Å². The van der Waals surface area contributed by atoms with Gasteiger partial charge in [0.05, 0.1) is 6.04 Å². The summed E-state index contributed by atoms with van der Waals surface area (Å²) in [5.41, 5.74) is 9.58. The highest BCUT2D eigenvalue weighted by molar-refractivity contribution is 14.1. The molecule has 0 spiro atoms. The third-order valence-electron chi connectivity index (χ3n) is 3.70. The maximum absolute atomic E-state index is 5.78. The molecule has 0 fully saturated rings. The predicted molar refractivity (Wildman–Crippen MR) is 93.6 cm³/mol. The largest absolute Gasteiger partial charge is 0.271 e. The Morgan fingerprint density at radius 3 is 2.30 bits per heavy atom. The number of nitrogens with one attached hydrogen (secondary N) is 1. The maximum atomic E-state index is 5.78. The van der Waals surface area contributed by atoms with Gasteiger partial charge >= 0.3 is 0 Å². The highest BCUT2D eigenvalue weighted by Crippen LogP contribution is 2.24. The van der Waals surface area contributed by atoms with Gasteiger partial charge in [0, 0.05) is 3.57 Å². The zero-order valence-corrected chi connectivity index (χ0v) is 14.4. The number of halogens is 1. The summed E-state index contributed by atoms with van der Waals surface area (Å²) < 4.78 is 1.23. The Morgan fingerprint density at radius 2 is 1.75 bits per heavy atom. The lowest BCUT2D eigenvalue weighted by Crippen LogP contribution is -2.30. The van der Waals surface area contributed by atoms with Crippen molar-refractivity contribution in [3.05, 3.63) is 67.8 Å². The van der Waals surface area contributed by atoms with Gasteiger partial charge in [0.15, 0.2) is 0 Å². The van der Waals surface area contributed by atoms with Crippen LogP contribution in [-0.4, -0.2) is 0 Å². The lowest BCUT2D eigenvalue weighted by Gasteiger charge is -2.20. The van der Waals surface area contributed by atoms with Gasteiger partial charge in [-0.1, -0.05) is 29.8 Å². The number of hydrazine groups is 1. The smallest absolute Gasteiger partial charge is 0.0500 e. The fourth-order valence-corrected chi connectivity index (χ4v) is 3.30. The van der Waals surface area contributed by atoms with Crippen LogP contribution in [0.2, 0.25) is 0 Å². The molecule has 1 unspecified atom stereocenters. The summed E-state index contributed by atoms with van der Waals surface area (Å²) in [6.07, 6.45) is 0.911. The van der Waals surface area contributed by atoms with E-state index in [1.807, 2.05) is 0 Å². The van der Waals surface area contributed by atoms with Crippen LogP contribution in [-0.2, 0) is 6.42 Å². The summed E-state index contributed by atoms with van der Waals surface area (Å²) in [5, 5.41) is 0. The number of nitrogens with two attached hydrogens (primary N) is 1. The van der Waals surface area contributed by atoms with E-state index in [-0.39, 0.29) is 6.04 Å². The second-order valence-electron chi connectivity index (χ2n) is 5.36. The molecule has 0 aliphatic heterocycles. The van der Waals surface area contributed by atoms with E-state index < -0.39 is 0 Å². The lowest BCUT2D eigenvalue weighted by molar-refractivity contribution is 0.549. The van der Waals surface area contributed by atoms with E-state index in [0.29, 0.717) is 0 Å². The molecule has 0 heterocycles. The Morgan fingerprint density at radius 1 is 1.10 bits per heavy atom. The van der Waals surface area contributed by atoms with Crippen molar-refractivity contribution in [3.8, 4) is 0 Å². The van der Waals surface area contributed by atoms with E-state index in [1.54, 1.807) is 0 Å². The van der Waals surface area contributed by atoms with Crippen molar-refractivity contribution in [2.24, 2.45) is 5.84 Å². The van der Waals surface area contributed by atoms with Gasteiger partial charge in [0.1, 0.15) is 0 Å². The molecule has 2 aromatic rings. The molecule has 2 rings (SSSR count). The molecule has 20 heavy (non-hydrogen) atoms. The van der Waals surface area contributed by atoms with Crippen LogP contribution in [0.15, 0.2) is 36.4 Å². The van der Waals surface area contributed by atoms with Crippen molar-refractivity contribution in [1.82, 2.24) is 5.43 Å². The fraction of sp³-hybridized carbons (Fsp3) is 0.294. The monoisotopic (exact) mass is 380 g/mol. The predicted octanol–water partition coefficient (Wildman–Crippen LogP) is 3.96. The first-order valence-electron chi connectivity index (χ1n) is 6.79. The number of hydrogen-bond acceptors (Lipinski definition) is 2. The molecule has 2 aromatic carbocycles. The molecular weight excluding hydrogens is 359 g/mol. The van der Waals surface area contributed by atoms with Gasteiger partial charge in [-0.2, -0.15) is 0 Å². The summed E-state index contributed by atoms with van der Waals surface area (Å²) in [4.78, 5) is 0. The Hall–Kier alpha value is -0.910. The first-order chi connectivity index (χ1) is 9.51. The van der Waals surface area contributed by atoms with Crippen LogP contribution in [0.3, 0.4) is 0 Å². The highest BCUT2D eigenvalue weighted by atomic mass is 127. The second-order valence-corrected chi connectivity index (χ2v) is 6.60. The van der Waals surface area contributed by atoms with Gasteiger partial charge < -0.3 is 0 Å². The van der Waals surface area contributed by atoms with E-state index in [4.69, 9.17) is 5.84 Å². The summed E-state index contributed by atoms with van der Waals surface area (Å²) in [6.45, 7) is 6.50. The molecule has 3 heteroatoms. The topological polar surface area (TPSA) is 38.0 Å². The lowest BCUT2D eigenvalue weighted by atomic mass is 9.92. The molecular formula is C17H21IN2. The van der Waals surface area contributed by atoms with Crippen LogP contribution in [0, 0.1) is 24.3 Å². The van der Waals surface area contributed by atoms with Crippen LogP contribution in [0.4, 0.5) is 0 Å². The number of benzene rings is 2. The third kappa shape index (κ3) is 3.59. The summed E-state index contributed by atoms with van der Waals surface area (Å²) in [7, 11) is 0. The molecule has 0 saturated heterocycles. The zero-order chi connectivity index (χ0) is 14.7. The van der Waals surface area contributed by atoms with Crippen LogP contribution >= 0.6 is 22.6 Å². The molecule has 0 bridgehead atoms. The molecule has 1 atom stereocenters. The van der Waals surface area contributed by atoms with Gasteiger partial charge in [-0.3, -0.25) is 11.3 Å². The third-order valence-corrected chi connectivity index (χ3v) is 4.37. The molecule has 2 nitrogen and oxygen atoms in total. The molecule has 0 aliphatic carbocycles. The first kappa shape index (κ1) is 15.5. The second kappa shape index (κ2) is 6.70. The van der Waals surface area contributed by atoms with E-state index in [1.165, 1.54) is 31.4 Å². The summed E-state index contributed by atoms with van der Waals surface area (Å²) in [6, 6.07) is 13.1. The summed E-state index contributed by atoms with van der Waals surface area (Å²) >= 11 is 2.34. The van der Waals surface area contributed by atoms with Crippen molar-refractivity contribution >= 4 is 22.6 Å². The van der Waals surface area contributed by atoms with Crippen LogP contribution in [0.5, 0.6) is 0 Å². The Labute approximate surface area is 134 Å². The van der Waals surface area contributed by atoms with Crippen molar-refractivity contribution in [3.63, 3.8) is 0 Å². The maximum Gasteiger partial charge on any atom is 0.0500 e. The Balaban J connectivity index is 2.32. The van der Waals surface area contributed by atoms with E-state index in [2.05, 4.69) is 85.2 Å². The normalized spacial score (nSPS) is 12.4. The summed E-state index contributed by atoms with van der Waals surface area (Å²) in [5.74, 6) is 5.78. The molecule has 0 amide bonds. The van der Waals surface area contributed by atoms with Crippen molar-refractivity contribution in [2.75, 3.05) is 0 Å². The van der Waals surface area contributed by atoms with Gasteiger partial charge in [-0.15, -0.1) is 0 Å². The first-order valence-corrected chi connectivity index (χ1v) is 7.87. The van der Waals surface area contributed by atoms with Crippen LogP contribution in [0.1, 0.15) is 33.9 Å². The van der Waals surface area contributed by atoms with Crippen molar-refractivity contribution < 1.29 is 0 Å². The zero-order valence-electron chi connectivity index (χ0n) is 12.2. The average Bonchev–Trinajstić information content (AvgIpc) is 2.38. The van der Waals surface area contributed by atoms with Crippen LogP contribution in [0.25, 0.3) is 0 Å². The van der Waals surface area contributed by atoms with E-state index in [0.717, 1.165) is 6.42 Å². The van der Waals surface area contributed by atoms with Gasteiger partial charge in [-0.25, -0.2) is 0 Å². The SMILES string of the molecule is Cc1cc(C)c(CC(NN)c2cccc(I)c2)c(C)c1. The van der Waals surface area contributed by atoms with Crippen LogP contribution < -0.4 is 11.3 Å². The molecule has 106 valence electrons. The highest BCUT2D eigenvalue weighted by Gasteiger charge is 2.14. The molecule has 0 aliphatic rings. The molecule has 3 N–H and O–H groups in total. The van der Waals surface area contributed by atoms with Crippen molar-refractivity contribution in [2.45, 2.75) is 33.2 Å². The minimum atomic E-state index is 0.143. The minimum absolute atomic E-state index is 0.143. The van der Waals surface area contributed by atoms with Gasteiger partial charge in [0.2, 0.25) is 0 Å². The number of hydrogen-bond donors (Lipinski definition) is 2. The van der Waals surface area contributed by atoms with E-state index in [9.17, 15) is 0 Å². The molecule has 0 saturated carbocycles. The molecule has 0 aromatic heterocycles. The van der Waals surface area contributed by atoms with Crippen molar-refractivity contribution in [1.29, 1.82) is 0 Å². The fourth-order valence-electron chi connectivity index (χ4n) is 2.73. The van der Waals surface area contributed by atoms with Gasteiger partial charge in [-0.05, 0) is 84.2 Å². The standard InChI is InChI=1S/C17H21IN2/c1-11-7-12(2)16(13(3)8-11)10-17(20-19)14-5-4-6-15(18)9-14/h4-9,17,20H,10,19H2,1-3H3. The van der Waals surface area contributed by atoms with E-state index >= 15 is 0 Å². The Bertz CT molecular complexity index is 585. The number of rotatable bonds is 4. The molecule has 0 radical (unpaired) electrons.